The fourth-order valence-electron chi connectivity index (χ4n) is 2.83. The molecule has 1 aliphatic rings. The molecule has 3 rings (SSSR count). The highest BCUT2D eigenvalue weighted by molar-refractivity contribution is 5.85. The largest absolute Gasteiger partial charge is 0.508 e. The summed E-state index contributed by atoms with van der Waals surface area (Å²) in [5, 5.41) is 23.7. The van der Waals surface area contributed by atoms with Crippen LogP contribution in [0, 0.1) is 0 Å². The number of aromatic nitrogens is 2. The summed E-state index contributed by atoms with van der Waals surface area (Å²) in [5.41, 5.74) is 1.43. The molecule has 6 heteroatoms. The Bertz CT molecular complexity index is 609. The number of phenolic OH excluding ortho intramolecular Hbond substituents is 1. The summed E-state index contributed by atoms with van der Waals surface area (Å²) < 4.78 is 1.78. The van der Waals surface area contributed by atoms with Crippen molar-refractivity contribution in [3.05, 3.63) is 30.5 Å². The summed E-state index contributed by atoms with van der Waals surface area (Å²) in [6, 6.07) is 6.85. The van der Waals surface area contributed by atoms with Crippen LogP contribution in [0.4, 0.5) is 0 Å². The zero-order valence-electron chi connectivity index (χ0n) is 12.5. The molecule has 0 spiro atoms. The third-order valence-corrected chi connectivity index (χ3v) is 3.99. The maximum Gasteiger partial charge on any atom is 0.238 e. The topological polar surface area (TPSA) is 61.5 Å². The fraction of sp³-hybridized carbons (Fsp3) is 0.438. The minimum atomic E-state index is 0. The number of benzene rings is 1. The fourth-order valence-corrected chi connectivity index (χ4v) is 2.83. The molecule has 1 saturated heterocycles. The van der Waals surface area contributed by atoms with Crippen LogP contribution in [0.5, 0.6) is 11.6 Å². The number of nitrogens with zero attached hydrogens (tertiary/aromatic N) is 3. The zero-order chi connectivity index (χ0) is 14.7. The molecule has 1 fully saturated rings. The highest BCUT2D eigenvalue weighted by atomic mass is 35.5. The number of hydrogen-bond acceptors (Lipinski definition) is 4. The molecule has 2 heterocycles. The first-order valence-electron chi connectivity index (χ1n) is 7.50. The number of aromatic hydroxyl groups is 2. The van der Waals surface area contributed by atoms with Gasteiger partial charge in [0.2, 0.25) is 5.88 Å². The van der Waals surface area contributed by atoms with Gasteiger partial charge in [-0.25, -0.2) is 0 Å². The monoisotopic (exact) mass is 323 g/mol. The number of phenols is 1. The van der Waals surface area contributed by atoms with Crippen LogP contribution in [0.25, 0.3) is 11.1 Å². The van der Waals surface area contributed by atoms with Crippen LogP contribution in [0.15, 0.2) is 30.5 Å². The predicted octanol–water partition coefficient (Wildman–Crippen LogP) is 2.87. The van der Waals surface area contributed by atoms with E-state index in [2.05, 4.69) is 10.00 Å². The third-order valence-electron chi connectivity index (χ3n) is 3.99. The van der Waals surface area contributed by atoms with Crippen LogP contribution in [0.1, 0.15) is 19.3 Å². The highest BCUT2D eigenvalue weighted by Crippen LogP contribution is 2.29. The van der Waals surface area contributed by atoms with Gasteiger partial charge in [-0.1, -0.05) is 18.6 Å². The van der Waals surface area contributed by atoms with Gasteiger partial charge in [-0.15, -0.1) is 17.5 Å². The van der Waals surface area contributed by atoms with Crippen molar-refractivity contribution in [2.24, 2.45) is 0 Å². The number of halogens is 1. The minimum absolute atomic E-state index is 0. The molecule has 0 unspecified atom stereocenters. The second kappa shape index (κ2) is 7.51. The maximum atomic E-state index is 9.99. The van der Waals surface area contributed by atoms with E-state index in [4.69, 9.17) is 0 Å². The van der Waals surface area contributed by atoms with Crippen molar-refractivity contribution in [2.45, 2.75) is 25.8 Å². The zero-order valence-corrected chi connectivity index (χ0v) is 13.3. The van der Waals surface area contributed by atoms with E-state index in [1.54, 1.807) is 22.9 Å². The molecule has 0 bridgehead atoms. The van der Waals surface area contributed by atoms with Crippen molar-refractivity contribution in [3.8, 4) is 22.8 Å². The quantitative estimate of drug-likeness (QED) is 0.908. The Hall–Kier alpha value is -1.72. The molecular weight excluding hydrogens is 302 g/mol. The van der Waals surface area contributed by atoms with Crippen LogP contribution in [-0.2, 0) is 6.54 Å². The van der Waals surface area contributed by atoms with Crippen LogP contribution < -0.4 is 0 Å². The van der Waals surface area contributed by atoms with E-state index in [9.17, 15) is 10.2 Å². The lowest BCUT2D eigenvalue weighted by molar-refractivity contribution is 0.217. The van der Waals surface area contributed by atoms with Gasteiger partial charge in [0.05, 0.1) is 12.1 Å². The molecule has 1 aliphatic heterocycles. The van der Waals surface area contributed by atoms with Crippen LogP contribution in [0.2, 0.25) is 0 Å². The van der Waals surface area contributed by atoms with Crippen LogP contribution in [0.3, 0.4) is 0 Å². The molecule has 1 aromatic heterocycles. The van der Waals surface area contributed by atoms with Crippen molar-refractivity contribution in [1.82, 2.24) is 14.7 Å². The smallest absolute Gasteiger partial charge is 0.238 e. The Morgan fingerprint density at radius 2 is 1.82 bits per heavy atom. The van der Waals surface area contributed by atoms with Gasteiger partial charge in [-0.2, -0.15) is 0 Å². The summed E-state index contributed by atoms with van der Waals surface area (Å²) in [5.74, 6) is 0.201. The molecule has 0 saturated carbocycles. The van der Waals surface area contributed by atoms with E-state index < -0.39 is 0 Å². The van der Waals surface area contributed by atoms with Gasteiger partial charge in [-0.3, -0.25) is 4.68 Å². The molecule has 5 nitrogen and oxygen atoms in total. The summed E-state index contributed by atoms with van der Waals surface area (Å²) >= 11 is 0. The van der Waals surface area contributed by atoms with Gasteiger partial charge in [-0.05, 0) is 43.6 Å². The Morgan fingerprint density at radius 3 is 2.55 bits per heavy atom. The van der Waals surface area contributed by atoms with Crippen LogP contribution in [-0.4, -0.2) is 44.5 Å². The van der Waals surface area contributed by atoms with Crippen molar-refractivity contribution in [1.29, 1.82) is 0 Å². The molecule has 0 radical (unpaired) electrons. The minimum Gasteiger partial charge on any atom is -0.508 e. The number of hydrogen-bond donors (Lipinski definition) is 2. The van der Waals surface area contributed by atoms with Crippen LogP contribution >= 0.6 is 12.4 Å². The van der Waals surface area contributed by atoms with E-state index >= 15 is 0 Å². The Kier molecular flexibility index (Phi) is 5.69. The molecule has 120 valence electrons. The van der Waals surface area contributed by atoms with Gasteiger partial charge >= 0.3 is 0 Å². The average Bonchev–Trinajstić information content (AvgIpc) is 2.87. The molecule has 1 aromatic carbocycles. The lowest BCUT2D eigenvalue weighted by Gasteiger charge is -2.26. The van der Waals surface area contributed by atoms with E-state index in [0.717, 1.165) is 31.7 Å². The molecule has 0 atom stereocenters. The normalized spacial score (nSPS) is 15.5. The summed E-state index contributed by atoms with van der Waals surface area (Å²) in [4.78, 5) is 2.44. The lowest BCUT2D eigenvalue weighted by Crippen LogP contribution is -2.32. The summed E-state index contributed by atoms with van der Waals surface area (Å²) in [6.07, 6.45) is 5.73. The highest BCUT2D eigenvalue weighted by Gasteiger charge is 2.13. The van der Waals surface area contributed by atoms with E-state index in [1.807, 2.05) is 12.3 Å². The van der Waals surface area contributed by atoms with Gasteiger partial charge in [0.25, 0.3) is 0 Å². The van der Waals surface area contributed by atoms with E-state index in [-0.39, 0.29) is 24.0 Å². The van der Waals surface area contributed by atoms with Gasteiger partial charge in [0.1, 0.15) is 5.75 Å². The van der Waals surface area contributed by atoms with Gasteiger partial charge in [0, 0.05) is 12.7 Å². The second-order valence-corrected chi connectivity index (χ2v) is 5.58. The molecule has 2 aromatic rings. The molecule has 0 aliphatic carbocycles. The second-order valence-electron chi connectivity index (χ2n) is 5.58. The molecule has 22 heavy (non-hydrogen) atoms. The standard InChI is InChI=1S/C16H21N3O2.ClH/c20-14-6-4-5-13(11-14)15-12-19(17-16(15)21)10-9-18-7-2-1-3-8-18;/h4-6,11-12,20H,1-3,7-10H2,(H,17,21);1H. The van der Waals surface area contributed by atoms with Crippen molar-refractivity contribution in [3.63, 3.8) is 0 Å². The Labute approximate surface area is 136 Å². The first kappa shape index (κ1) is 16.6. The lowest BCUT2D eigenvalue weighted by atomic mass is 10.1. The van der Waals surface area contributed by atoms with E-state index in [0.29, 0.717) is 5.56 Å². The summed E-state index contributed by atoms with van der Waals surface area (Å²) in [7, 11) is 0. The number of likely N-dealkylation sites (tertiary alicyclic amines) is 1. The van der Waals surface area contributed by atoms with Crippen molar-refractivity contribution in [2.75, 3.05) is 19.6 Å². The molecule has 0 amide bonds. The molecular formula is C16H22ClN3O2. The number of rotatable bonds is 4. The SMILES string of the molecule is Cl.Oc1cccc(-c2cn(CCN3CCCCC3)nc2O)c1. The summed E-state index contributed by atoms with van der Waals surface area (Å²) in [6.45, 7) is 4.05. The Balaban J connectivity index is 0.00000176. The van der Waals surface area contributed by atoms with Gasteiger partial charge < -0.3 is 15.1 Å². The van der Waals surface area contributed by atoms with Crippen molar-refractivity contribution < 1.29 is 10.2 Å². The molecule has 2 N–H and O–H groups in total. The average molecular weight is 324 g/mol. The number of piperidine rings is 1. The van der Waals surface area contributed by atoms with E-state index in [1.165, 1.54) is 19.3 Å². The predicted molar refractivity (Wildman–Crippen MR) is 88.5 cm³/mol. The Morgan fingerprint density at radius 1 is 1.05 bits per heavy atom. The first-order chi connectivity index (χ1) is 10.2. The van der Waals surface area contributed by atoms with Gasteiger partial charge in [0.15, 0.2) is 0 Å². The first-order valence-corrected chi connectivity index (χ1v) is 7.50. The van der Waals surface area contributed by atoms with Crippen molar-refractivity contribution >= 4 is 12.4 Å². The third kappa shape index (κ3) is 3.93. The maximum absolute atomic E-state index is 9.99.